The van der Waals surface area contributed by atoms with E-state index in [4.69, 9.17) is 4.74 Å². The number of benzene rings is 2. The van der Waals surface area contributed by atoms with Crippen LogP contribution in [0.1, 0.15) is 48.1 Å². The molecule has 2 aromatic carbocycles. The molecule has 1 aromatic heterocycles. The molecule has 6 nitrogen and oxygen atoms in total. The van der Waals surface area contributed by atoms with Crippen LogP contribution in [0, 0.1) is 0 Å². The first-order valence-corrected chi connectivity index (χ1v) is 9.08. The summed E-state index contributed by atoms with van der Waals surface area (Å²) in [4.78, 5) is 12.2. The van der Waals surface area contributed by atoms with E-state index in [1.165, 1.54) is 0 Å². The lowest BCUT2D eigenvalue weighted by Crippen LogP contribution is -2.18. The Bertz CT molecular complexity index is 956. The molecule has 0 aliphatic rings. The first kappa shape index (κ1) is 19.4. The summed E-state index contributed by atoms with van der Waals surface area (Å²) in [6.07, 6.45) is 1.57. The van der Waals surface area contributed by atoms with Crippen LogP contribution < -0.4 is 10.2 Å². The molecule has 3 aromatic rings. The lowest BCUT2D eigenvalue weighted by molar-refractivity contribution is 0.0950. The van der Waals surface area contributed by atoms with Crippen LogP contribution in [-0.2, 0) is 12.0 Å². The maximum absolute atomic E-state index is 12.2. The molecule has 0 saturated carbocycles. The fourth-order valence-corrected chi connectivity index (χ4v) is 2.47. The molecule has 0 bridgehead atoms. The molecule has 28 heavy (non-hydrogen) atoms. The number of carbonyl (C=O) groups is 1. The number of hydrogen-bond donors (Lipinski definition) is 2. The fourth-order valence-electron chi connectivity index (χ4n) is 2.47. The highest BCUT2D eigenvalue weighted by Gasteiger charge is 2.19. The maximum atomic E-state index is 12.2. The zero-order valence-electron chi connectivity index (χ0n) is 16.3. The number of hydrogen-bond acceptors (Lipinski definition) is 4. The highest BCUT2D eigenvalue weighted by molar-refractivity contribution is 5.93. The van der Waals surface area contributed by atoms with E-state index in [1.54, 1.807) is 12.3 Å². The maximum Gasteiger partial charge on any atom is 0.291 e. The minimum Gasteiger partial charge on any atom is -0.489 e. The Hall–Kier alpha value is -3.41. The van der Waals surface area contributed by atoms with E-state index >= 15 is 0 Å². The van der Waals surface area contributed by atoms with Crippen molar-refractivity contribution in [3.8, 4) is 5.75 Å². The molecule has 0 unspecified atom stereocenters. The highest BCUT2D eigenvalue weighted by atomic mass is 16.5. The first-order chi connectivity index (χ1) is 13.4. The number of rotatable bonds is 6. The minimum absolute atomic E-state index is 0.102. The summed E-state index contributed by atoms with van der Waals surface area (Å²) in [5.41, 5.74) is 5.52. The van der Waals surface area contributed by atoms with Crippen molar-refractivity contribution >= 4 is 12.1 Å². The molecule has 0 aliphatic heterocycles. The lowest BCUT2D eigenvalue weighted by atomic mass is 9.92. The molecule has 1 amide bonds. The van der Waals surface area contributed by atoms with Crippen molar-refractivity contribution in [1.82, 2.24) is 15.6 Å². The van der Waals surface area contributed by atoms with Crippen molar-refractivity contribution in [1.29, 1.82) is 0 Å². The molecule has 0 atom stereocenters. The third-order valence-corrected chi connectivity index (χ3v) is 4.10. The number of hydrazone groups is 1. The summed E-state index contributed by atoms with van der Waals surface area (Å²) in [6.45, 7) is 6.64. The molecule has 3 rings (SSSR count). The second-order valence-corrected chi connectivity index (χ2v) is 7.46. The Kier molecular flexibility index (Phi) is 5.89. The third-order valence-electron chi connectivity index (χ3n) is 4.10. The van der Waals surface area contributed by atoms with Crippen LogP contribution in [0.4, 0.5) is 0 Å². The van der Waals surface area contributed by atoms with Gasteiger partial charge >= 0.3 is 0 Å². The zero-order valence-corrected chi connectivity index (χ0v) is 16.3. The third kappa shape index (κ3) is 5.30. The van der Waals surface area contributed by atoms with Gasteiger partial charge in [0, 0.05) is 11.1 Å². The number of aromatic nitrogens is 2. The van der Waals surface area contributed by atoms with Crippen molar-refractivity contribution in [2.75, 3.05) is 0 Å². The summed E-state index contributed by atoms with van der Waals surface area (Å²) in [5.74, 6) is 0.376. The van der Waals surface area contributed by atoms with Gasteiger partial charge in [0.2, 0.25) is 0 Å². The van der Waals surface area contributed by atoms with Gasteiger partial charge in [0.05, 0.1) is 6.21 Å². The topological polar surface area (TPSA) is 79.4 Å². The summed E-state index contributed by atoms with van der Waals surface area (Å²) in [5, 5.41) is 10.9. The highest BCUT2D eigenvalue weighted by Crippen LogP contribution is 2.20. The van der Waals surface area contributed by atoms with Gasteiger partial charge in [-0.15, -0.1) is 0 Å². The second-order valence-electron chi connectivity index (χ2n) is 7.46. The van der Waals surface area contributed by atoms with Crippen LogP contribution in [0.25, 0.3) is 0 Å². The van der Waals surface area contributed by atoms with E-state index < -0.39 is 0 Å². The van der Waals surface area contributed by atoms with E-state index in [0.717, 1.165) is 22.6 Å². The predicted molar refractivity (Wildman–Crippen MR) is 110 cm³/mol. The van der Waals surface area contributed by atoms with Crippen LogP contribution >= 0.6 is 0 Å². The molecule has 1 heterocycles. The number of nitrogens with one attached hydrogen (secondary N) is 2. The zero-order chi connectivity index (χ0) is 20.0. The SMILES string of the molecule is CC(C)(C)c1cc(C(=O)N/N=C\c2cccc(OCc3ccccc3)c2)n[nH]1. The Labute approximate surface area is 164 Å². The Morgan fingerprint density at radius 2 is 1.93 bits per heavy atom. The van der Waals surface area contributed by atoms with Crippen LogP contribution in [0.2, 0.25) is 0 Å². The standard InChI is InChI=1S/C22H24N4O2/c1-22(2,3)20-13-19(24-25-20)21(27)26-23-14-17-10-7-11-18(12-17)28-15-16-8-5-4-6-9-16/h4-14H,15H2,1-3H3,(H,24,25)(H,26,27)/b23-14-. The number of amides is 1. The van der Waals surface area contributed by atoms with Gasteiger partial charge in [-0.1, -0.05) is 63.2 Å². The van der Waals surface area contributed by atoms with Gasteiger partial charge in [0.1, 0.15) is 12.4 Å². The normalized spacial score (nSPS) is 11.5. The number of aromatic amines is 1. The molecule has 6 heteroatoms. The van der Waals surface area contributed by atoms with Crippen LogP contribution in [0.15, 0.2) is 65.8 Å². The molecule has 144 valence electrons. The van der Waals surface area contributed by atoms with Gasteiger partial charge in [-0.25, -0.2) is 5.43 Å². The van der Waals surface area contributed by atoms with Gasteiger partial charge in [-0.3, -0.25) is 9.89 Å². The number of ether oxygens (including phenoxy) is 1. The molecule has 0 aliphatic carbocycles. The van der Waals surface area contributed by atoms with E-state index in [9.17, 15) is 4.79 Å². The number of H-pyrrole nitrogens is 1. The van der Waals surface area contributed by atoms with E-state index in [-0.39, 0.29) is 11.3 Å². The second kappa shape index (κ2) is 8.52. The summed E-state index contributed by atoms with van der Waals surface area (Å²) in [6, 6.07) is 19.2. The molecular weight excluding hydrogens is 352 g/mol. The molecule has 0 fully saturated rings. The summed E-state index contributed by atoms with van der Waals surface area (Å²) in [7, 11) is 0. The van der Waals surface area contributed by atoms with Crippen molar-refractivity contribution in [2.45, 2.75) is 32.8 Å². The quantitative estimate of drug-likeness (QED) is 0.503. The Morgan fingerprint density at radius 3 is 2.64 bits per heavy atom. The van der Waals surface area contributed by atoms with Crippen LogP contribution in [0.5, 0.6) is 5.75 Å². The van der Waals surface area contributed by atoms with Gasteiger partial charge in [0.25, 0.3) is 5.91 Å². The van der Waals surface area contributed by atoms with Gasteiger partial charge in [-0.2, -0.15) is 10.2 Å². The van der Waals surface area contributed by atoms with Crippen LogP contribution in [-0.4, -0.2) is 22.3 Å². The van der Waals surface area contributed by atoms with E-state index in [0.29, 0.717) is 12.3 Å². The van der Waals surface area contributed by atoms with Crippen molar-refractivity contribution < 1.29 is 9.53 Å². The monoisotopic (exact) mass is 376 g/mol. The Balaban J connectivity index is 1.57. The van der Waals surface area contributed by atoms with Gasteiger partial charge in [-0.05, 0) is 29.3 Å². The smallest absolute Gasteiger partial charge is 0.291 e. The summed E-state index contributed by atoms with van der Waals surface area (Å²) >= 11 is 0. The molecule has 0 radical (unpaired) electrons. The predicted octanol–water partition coefficient (Wildman–Crippen LogP) is 4.05. The van der Waals surface area contributed by atoms with E-state index in [2.05, 4.69) is 20.7 Å². The largest absolute Gasteiger partial charge is 0.489 e. The molecule has 0 spiro atoms. The first-order valence-electron chi connectivity index (χ1n) is 9.08. The number of nitrogens with zero attached hydrogens (tertiary/aromatic N) is 2. The van der Waals surface area contributed by atoms with Crippen molar-refractivity contribution in [3.05, 3.63) is 83.2 Å². The van der Waals surface area contributed by atoms with Gasteiger partial charge < -0.3 is 4.74 Å². The van der Waals surface area contributed by atoms with E-state index in [1.807, 2.05) is 75.4 Å². The minimum atomic E-state index is -0.362. The lowest BCUT2D eigenvalue weighted by Gasteiger charge is -2.14. The van der Waals surface area contributed by atoms with Crippen LogP contribution in [0.3, 0.4) is 0 Å². The summed E-state index contributed by atoms with van der Waals surface area (Å²) < 4.78 is 5.80. The molecular formula is C22H24N4O2. The average molecular weight is 376 g/mol. The average Bonchev–Trinajstić information content (AvgIpc) is 3.18. The fraction of sp³-hybridized carbons (Fsp3) is 0.227. The van der Waals surface area contributed by atoms with Gasteiger partial charge in [0.15, 0.2) is 5.69 Å². The number of carbonyl (C=O) groups excluding carboxylic acids is 1. The van der Waals surface area contributed by atoms with Crippen molar-refractivity contribution in [3.63, 3.8) is 0 Å². The molecule has 0 saturated heterocycles. The Morgan fingerprint density at radius 1 is 1.14 bits per heavy atom. The molecule has 2 N–H and O–H groups in total. The van der Waals surface area contributed by atoms with Crippen molar-refractivity contribution in [2.24, 2.45) is 5.10 Å².